The summed E-state index contributed by atoms with van der Waals surface area (Å²) >= 11 is 0. The summed E-state index contributed by atoms with van der Waals surface area (Å²) in [6, 6.07) is 2.99. The number of Topliss-reactive ketones (excluding diaryl/α,β-unsaturated/α-hetero) is 2. The van der Waals surface area contributed by atoms with Crippen LogP contribution in [0.25, 0.3) is 11.3 Å². The molecule has 0 N–H and O–H groups in total. The van der Waals surface area contributed by atoms with Crippen LogP contribution in [-0.2, 0) is 35.1 Å². The molecule has 2 aliphatic heterocycles. The van der Waals surface area contributed by atoms with Crippen LogP contribution in [0.3, 0.4) is 0 Å². The van der Waals surface area contributed by atoms with Crippen LogP contribution in [-0.4, -0.2) is 86.2 Å². The van der Waals surface area contributed by atoms with E-state index >= 15 is 4.39 Å². The fourth-order valence-electron chi connectivity index (χ4n) is 7.02. The van der Waals surface area contributed by atoms with E-state index in [1.54, 1.807) is 51.3 Å². The number of hydrogen-bond donors (Lipinski definition) is 0. The molecule has 2 fully saturated rings. The molecule has 8 atom stereocenters. The van der Waals surface area contributed by atoms with E-state index in [9.17, 15) is 19.2 Å². The number of amides is 1. The van der Waals surface area contributed by atoms with Gasteiger partial charge in [0.15, 0.2) is 11.4 Å². The molecule has 0 saturated carbocycles. The Morgan fingerprint density at radius 1 is 1.07 bits per heavy atom. The summed E-state index contributed by atoms with van der Waals surface area (Å²) in [6.07, 6.45) is 6.79. The minimum Gasteiger partial charge on any atom is -0.455 e. The zero-order valence-corrected chi connectivity index (χ0v) is 27.9. The number of cyclic esters (lactones) is 1. The predicted octanol–water partition coefficient (Wildman–Crippen LogP) is 5.21. The summed E-state index contributed by atoms with van der Waals surface area (Å²) in [5.74, 6) is -4.41. The Hall–Kier alpha value is -3.67. The van der Waals surface area contributed by atoms with E-state index in [0.717, 1.165) is 18.2 Å². The molecule has 0 spiro atoms. The molecule has 11 nitrogen and oxygen atoms in total. The summed E-state index contributed by atoms with van der Waals surface area (Å²) < 4.78 is 35.1. The molecule has 46 heavy (non-hydrogen) atoms. The van der Waals surface area contributed by atoms with E-state index in [-0.39, 0.29) is 25.2 Å². The van der Waals surface area contributed by atoms with E-state index in [1.165, 1.54) is 14.0 Å². The van der Waals surface area contributed by atoms with Crippen LogP contribution in [0.1, 0.15) is 73.6 Å². The van der Waals surface area contributed by atoms with E-state index in [0.29, 0.717) is 25.8 Å². The summed E-state index contributed by atoms with van der Waals surface area (Å²) in [4.78, 5) is 64.0. The number of methoxy groups -OCH3 is 1. The highest BCUT2D eigenvalue weighted by Crippen LogP contribution is 2.42. The first-order valence-electron chi connectivity index (χ1n) is 16.2. The van der Waals surface area contributed by atoms with Crippen molar-refractivity contribution in [1.82, 2.24) is 19.4 Å². The number of carbonyl (C=O) groups excluding carboxylic acids is 4. The zero-order valence-electron chi connectivity index (χ0n) is 27.9. The molecule has 4 heterocycles. The van der Waals surface area contributed by atoms with Gasteiger partial charge in [-0.2, -0.15) is 0 Å². The van der Waals surface area contributed by atoms with Gasteiger partial charge in [0.25, 0.3) is 5.67 Å². The topological polar surface area (TPSA) is 130 Å². The van der Waals surface area contributed by atoms with Crippen LogP contribution in [0.2, 0.25) is 0 Å². The quantitative estimate of drug-likeness (QED) is 0.216. The molecule has 0 aromatic carbocycles. The molecule has 2 aromatic heterocycles. The standard InChI is InChI=1S/C34H47FN4O7/c1-8-27-34(6)29(23(4)28(40)21(2)16-25(44-7)17-22(3)30(41)33(5,35)31(42)45-27)39(32(43)46-34)15-10-9-14-38-19-26(37-20-38)24-12-11-13-36-18-24/h11-13,18-23,25,27,29H,8-10,14-17H2,1-7H3/t21-,22-,23+,25-,27-,29-,33+,34-/m1/s1. The maximum absolute atomic E-state index is 15.9. The van der Waals surface area contributed by atoms with Crippen molar-refractivity contribution < 1.29 is 37.8 Å². The molecule has 12 heteroatoms. The Kier molecular flexibility index (Phi) is 11.0. The van der Waals surface area contributed by atoms with Crippen molar-refractivity contribution in [3.05, 3.63) is 37.1 Å². The van der Waals surface area contributed by atoms with E-state index in [2.05, 4.69) is 9.97 Å². The van der Waals surface area contributed by atoms with Crippen LogP contribution >= 0.6 is 0 Å². The Balaban J connectivity index is 1.58. The van der Waals surface area contributed by atoms with Gasteiger partial charge in [-0.15, -0.1) is 0 Å². The molecular formula is C34H47FN4O7. The third-order valence-corrected chi connectivity index (χ3v) is 9.65. The lowest BCUT2D eigenvalue weighted by Gasteiger charge is -2.41. The highest BCUT2D eigenvalue weighted by Gasteiger charge is 2.60. The van der Waals surface area contributed by atoms with Crippen LogP contribution in [0.15, 0.2) is 37.1 Å². The molecule has 252 valence electrons. The van der Waals surface area contributed by atoms with Crippen LogP contribution in [0.4, 0.5) is 9.18 Å². The number of pyridine rings is 1. The van der Waals surface area contributed by atoms with Gasteiger partial charge in [0.1, 0.15) is 11.9 Å². The van der Waals surface area contributed by atoms with Gasteiger partial charge in [-0.05, 0) is 58.1 Å². The first kappa shape index (κ1) is 35.2. The monoisotopic (exact) mass is 642 g/mol. The maximum Gasteiger partial charge on any atom is 0.410 e. The number of alkyl halides is 1. The summed E-state index contributed by atoms with van der Waals surface area (Å²) in [5.41, 5.74) is -2.67. The number of halogens is 1. The van der Waals surface area contributed by atoms with Gasteiger partial charge < -0.3 is 23.7 Å². The average Bonchev–Trinajstić information content (AvgIpc) is 3.61. The summed E-state index contributed by atoms with van der Waals surface area (Å²) in [7, 11) is 1.48. The van der Waals surface area contributed by atoms with Crippen molar-refractivity contribution in [2.45, 2.75) is 110 Å². The third-order valence-electron chi connectivity index (χ3n) is 9.65. The minimum absolute atomic E-state index is 0.101. The molecule has 1 amide bonds. The number of nitrogens with zero attached hydrogens (tertiary/aromatic N) is 4. The van der Waals surface area contributed by atoms with E-state index in [1.807, 2.05) is 22.9 Å². The van der Waals surface area contributed by atoms with Gasteiger partial charge >= 0.3 is 12.1 Å². The van der Waals surface area contributed by atoms with Crippen molar-refractivity contribution in [1.29, 1.82) is 0 Å². The van der Waals surface area contributed by atoms with Crippen LogP contribution in [0.5, 0.6) is 0 Å². The van der Waals surface area contributed by atoms with Crippen molar-refractivity contribution in [3.8, 4) is 11.3 Å². The van der Waals surface area contributed by atoms with E-state index < -0.39 is 65.1 Å². The smallest absolute Gasteiger partial charge is 0.410 e. The predicted molar refractivity (Wildman–Crippen MR) is 167 cm³/mol. The average molecular weight is 643 g/mol. The Labute approximate surface area is 270 Å². The second-order valence-corrected chi connectivity index (χ2v) is 13.1. The SMILES string of the molecule is CC[C@H]1OC(=O)[C@@](C)(F)C(=O)[C@H](C)C[C@H](OC)C[C@@H](C)C(=O)[C@H](C)[C@H]2N(CCCCn3cnc(-c4cccnc4)c3)C(=O)O[C@]12C. The van der Waals surface area contributed by atoms with Crippen molar-refractivity contribution in [2.24, 2.45) is 17.8 Å². The number of aryl methyl sites for hydroxylation is 1. The van der Waals surface area contributed by atoms with Gasteiger partial charge in [0.2, 0.25) is 0 Å². The number of aromatic nitrogens is 3. The second kappa shape index (κ2) is 14.4. The zero-order chi connectivity index (χ0) is 33.8. The van der Waals surface area contributed by atoms with Gasteiger partial charge in [0, 0.05) is 62.1 Å². The van der Waals surface area contributed by atoms with Gasteiger partial charge in [-0.3, -0.25) is 14.6 Å². The lowest BCUT2D eigenvalue weighted by Crippen LogP contribution is -2.58. The summed E-state index contributed by atoms with van der Waals surface area (Å²) in [5, 5.41) is 0. The number of unbranched alkanes of at least 4 members (excludes halogenated alkanes) is 1. The largest absolute Gasteiger partial charge is 0.455 e. The van der Waals surface area contributed by atoms with Gasteiger partial charge in [-0.1, -0.05) is 27.7 Å². The molecule has 2 aliphatic rings. The minimum atomic E-state index is -2.92. The fraction of sp³-hybridized carbons (Fsp3) is 0.647. The lowest BCUT2D eigenvalue weighted by molar-refractivity contribution is -0.180. The number of ether oxygens (including phenoxy) is 3. The number of hydrogen-bond acceptors (Lipinski definition) is 9. The fourth-order valence-corrected chi connectivity index (χ4v) is 7.02. The number of ketones is 2. The number of fused-ring (bicyclic) bond motifs is 1. The molecule has 0 aliphatic carbocycles. The molecule has 2 aromatic rings. The highest BCUT2D eigenvalue weighted by atomic mass is 19.1. The number of esters is 1. The first-order chi connectivity index (χ1) is 21.7. The van der Waals surface area contributed by atoms with Crippen molar-refractivity contribution in [2.75, 3.05) is 13.7 Å². The van der Waals surface area contributed by atoms with E-state index in [4.69, 9.17) is 14.2 Å². The van der Waals surface area contributed by atoms with Gasteiger partial charge in [-0.25, -0.2) is 19.0 Å². The second-order valence-electron chi connectivity index (χ2n) is 13.1. The Bertz CT molecular complexity index is 1400. The number of carbonyl (C=O) groups is 4. The first-order valence-corrected chi connectivity index (χ1v) is 16.2. The van der Waals surface area contributed by atoms with Gasteiger partial charge in [0.05, 0.1) is 24.2 Å². The Morgan fingerprint density at radius 2 is 1.76 bits per heavy atom. The number of rotatable bonds is 8. The van der Waals surface area contributed by atoms with Crippen molar-refractivity contribution in [3.63, 3.8) is 0 Å². The Morgan fingerprint density at radius 3 is 2.41 bits per heavy atom. The molecule has 4 rings (SSSR count). The maximum atomic E-state index is 15.9. The summed E-state index contributed by atoms with van der Waals surface area (Å²) in [6.45, 7) is 10.3. The lowest BCUT2D eigenvalue weighted by atomic mass is 9.76. The van der Waals surface area contributed by atoms with Crippen LogP contribution < -0.4 is 0 Å². The molecule has 0 bridgehead atoms. The molecule has 0 unspecified atom stereocenters. The third kappa shape index (κ3) is 7.16. The highest BCUT2D eigenvalue weighted by molar-refractivity contribution is 6.07. The molecular weight excluding hydrogens is 595 g/mol. The van der Waals surface area contributed by atoms with Crippen molar-refractivity contribution >= 4 is 23.6 Å². The molecule has 0 radical (unpaired) electrons. The van der Waals surface area contributed by atoms with Crippen LogP contribution in [0, 0.1) is 17.8 Å². The normalized spacial score (nSPS) is 32.9. The number of imidazole rings is 1. The molecule has 2 saturated heterocycles.